The second-order valence-corrected chi connectivity index (χ2v) is 6.71. The number of hydrogen-bond acceptors (Lipinski definition) is 3. The van der Waals surface area contributed by atoms with Crippen molar-refractivity contribution in [2.75, 3.05) is 13.1 Å². The predicted octanol–water partition coefficient (Wildman–Crippen LogP) is 3.47. The molecule has 1 aromatic carbocycles. The molecule has 1 aliphatic rings. The standard InChI is InChI=1S/C20H28N4O2.HI/c1-3-21-20(22-12-6-9-19(25)24-15-10-11-15)23-13-18-14(2)16-7-4-5-8-17(16)26-18;/h4-5,7-8,15H,3,6,9-13H2,1-2H3,(H,24,25)(H2,21,22,23);1H. The molecule has 2 aromatic rings. The molecule has 3 N–H and O–H groups in total. The van der Waals surface area contributed by atoms with Crippen molar-refractivity contribution in [3.05, 3.63) is 35.6 Å². The van der Waals surface area contributed by atoms with Crippen LogP contribution in [0.4, 0.5) is 0 Å². The Hall–Kier alpha value is -1.77. The molecule has 1 heterocycles. The lowest BCUT2D eigenvalue weighted by molar-refractivity contribution is -0.121. The summed E-state index contributed by atoms with van der Waals surface area (Å²) in [6.07, 6.45) is 3.59. The molecule has 1 aliphatic carbocycles. The Morgan fingerprint density at radius 3 is 2.74 bits per heavy atom. The summed E-state index contributed by atoms with van der Waals surface area (Å²) in [6.45, 7) is 6.08. The molecule has 0 radical (unpaired) electrons. The lowest BCUT2D eigenvalue weighted by Crippen LogP contribution is -2.38. The summed E-state index contributed by atoms with van der Waals surface area (Å²) in [5, 5.41) is 10.7. The number of aryl methyl sites for hydroxylation is 1. The van der Waals surface area contributed by atoms with E-state index in [1.807, 2.05) is 25.1 Å². The summed E-state index contributed by atoms with van der Waals surface area (Å²) < 4.78 is 5.91. The number of rotatable bonds is 8. The van der Waals surface area contributed by atoms with Crippen LogP contribution in [0.25, 0.3) is 11.0 Å². The minimum atomic E-state index is 0. The lowest BCUT2D eigenvalue weighted by Gasteiger charge is -2.11. The first kappa shape index (κ1) is 21.5. The highest BCUT2D eigenvalue weighted by Gasteiger charge is 2.22. The Kier molecular flexibility index (Phi) is 8.40. The highest BCUT2D eigenvalue weighted by Crippen LogP contribution is 2.25. The van der Waals surface area contributed by atoms with Crippen molar-refractivity contribution in [2.24, 2.45) is 4.99 Å². The topological polar surface area (TPSA) is 78.7 Å². The van der Waals surface area contributed by atoms with Gasteiger partial charge in [-0.2, -0.15) is 0 Å². The van der Waals surface area contributed by atoms with Crippen LogP contribution in [0.3, 0.4) is 0 Å². The average molecular weight is 484 g/mol. The van der Waals surface area contributed by atoms with Crippen molar-refractivity contribution >= 4 is 46.8 Å². The maximum atomic E-state index is 11.7. The maximum absolute atomic E-state index is 11.7. The Balaban J connectivity index is 0.00000261. The van der Waals surface area contributed by atoms with Crippen LogP contribution in [0.5, 0.6) is 0 Å². The van der Waals surface area contributed by atoms with Gasteiger partial charge in [0.15, 0.2) is 5.96 Å². The molecule has 3 rings (SSSR count). The van der Waals surface area contributed by atoms with Gasteiger partial charge in [0.2, 0.25) is 5.91 Å². The molecule has 1 amide bonds. The van der Waals surface area contributed by atoms with E-state index in [1.54, 1.807) is 0 Å². The first-order valence-electron chi connectivity index (χ1n) is 9.46. The Bertz CT molecular complexity index is 783. The third-order valence-electron chi connectivity index (χ3n) is 4.48. The van der Waals surface area contributed by atoms with Crippen molar-refractivity contribution in [2.45, 2.75) is 52.1 Å². The Morgan fingerprint density at radius 1 is 1.26 bits per heavy atom. The zero-order valence-corrected chi connectivity index (χ0v) is 18.3. The molecule has 0 aliphatic heterocycles. The van der Waals surface area contributed by atoms with Crippen LogP contribution in [0.1, 0.15) is 43.9 Å². The minimum Gasteiger partial charge on any atom is -0.459 e. The number of halogens is 1. The van der Waals surface area contributed by atoms with Gasteiger partial charge in [0.1, 0.15) is 17.9 Å². The van der Waals surface area contributed by atoms with Gasteiger partial charge in [0.25, 0.3) is 0 Å². The van der Waals surface area contributed by atoms with Crippen molar-refractivity contribution in [3.8, 4) is 0 Å². The van der Waals surface area contributed by atoms with Gasteiger partial charge in [-0.25, -0.2) is 4.99 Å². The smallest absolute Gasteiger partial charge is 0.220 e. The highest BCUT2D eigenvalue weighted by molar-refractivity contribution is 14.0. The number of benzene rings is 1. The number of furan rings is 1. The summed E-state index contributed by atoms with van der Waals surface area (Å²) >= 11 is 0. The molecule has 148 valence electrons. The molecule has 0 atom stereocenters. The van der Waals surface area contributed by atoms with E-state index in [2.05, 4.69) is 33.9 Å². The van der Waals surface area contributed by atoms with E-state index in [1.165, 1.54) is 0 Å². The average Bonchev–Trinajstić information content (AvgIpc) is 3.39. The van der Waals surface area contributed by atoms with Crippen LogP contribution >= 0.6 is 24.0 Å². The van der Waals surface area contributed by atoms with Gasteiger partial charge in [-0.05, 0) is 39.2 Å². The number of carbonyl (C=O) groups excluding carboxylic acids is 1. The summed E-state index contributed by atoms with van der Waals surface area (Å²) in [5.74, 6) is 1.77. The van der Waals surface area contributed by atoms with Gasteiger partial charge in [-0.1, -0.05) is 18.2 Å². The SMILES string of the molecule is CCNC(=NCc1oc2ccccc2c1C)NCCCC(=O)NC1CC1.I. The van der Waals surface area contributed by atoms with Gasteiger partial charge < -0.3 is 20.4 Å². The van der Waals surface area contributed by atoms with Gasteiger partial charge in [0.05, 0.1) is 0 Å². The Labute approximate surface area is 177 Å². The number of carbonyl (C=O) groups is 1. The molecular weight excluding hydrogens is 455 g/mol. The van der Waals surface area contributed by atoms with E-state index < -0.39 is 0 Å². The molecule has 7 heteroatoms. The number of nitrogens with zero attached hydrogens (tertiary/aromatic N) is 1. The minimum absolute atomic E-state index is 0. The van der Waals surface area contributed by atoms with Gasteiger partial charge in [-0.15, -0.1) is 24.0 Å². The van der Waals surface area contributed by atoms with Crippen molar-refractivity contribution in [1.82, 2.24) is 16.0 Å². The van der Waals surface area contributed by atoms with E-state index in [4.69, 9.17) is 4.42 Å². The van der Waals surface area contributed by atoms with E-state index in [9.17, 15) is 4.79 Å². The molecule has 0 bridgehead atoms. The largest absolute Gasteiger partial charge is 0.459 e. The zero-order chi connectivity index (χ0) is 18.4. The zero-order valence-electron chi connectivity index (χ0n) is 16.0. The van der Waals surface area contributed by atoms with Crippen LogP contribution in [0.2, 0.25) is 0 Å². The number of nitrogens with one attached hydrogen (secondary N) is 3. The molecule has 0 saturated heterocycles. The highest BCUT2D eigenvalue weighted by atomic mass is 127. The van der Waals surface area contributed by atoms with Crippen LogP contribution in [-0.2, 0) is 11.3 Å². The number of hydrogen-bond donors (Lipinski definition) is 3. The summed E-state index contributed by atoms with van der Waals surface area (Å²) in [4.78, 5) is 16.3. The number of fused-ring (bicyclic) bond motifs is 1. The van der Waals surface area contributed by atoms with Crippen LogP contribution in [0.15, 0.2) is 33.7 Å². The fourth-order valence-electron chi connectivity index (χ4n) is 2.85. The molecule has 1 fully saturated rings. The van der Waals surface area contributed by atoms with Crippen LogP contribution in [-0.4, -0.2) is 31.0 Å². The summed E-state index contributed by atoms with van der Waals surface area (Å²) in [5.41, 5.74) is 2.03. The number of guanidine groups is 1. The van der Waals surface area contributed by atoms with Gasteiger partial charge >= 0.3 is 0 Å². The monoisotopic (exact) mass is 484 g/mol. The molecule has 1 aromatic heterocycles. The van der Waals surface area contributed by atoms with Crippen LogP contribution < -0.4 is 16.0 Å². The Morgan fingerprint density at radius 2 is 2.04 bits per heavy atom. The molecule has 0 spiro atoms. The van der Waals surface area contributed by atoms with E-state index in [-0.39, 0.29) is 29.9 Å². The van der Waals surface area contributed by atoms with E-state index >= 15 is 0 Å². The van der Waals surface area contributed by atoms with E-state index in [0.717, 1.165) is 54.1 Å². The third kappa shape index (κ3) is 6.41. The van der Waals surface area contributed by atoms with Crippen molar-refractivity contribution < 1.29 is 9.21 Å². The molecule has 27 heavy (non-hydrogen) atoms. The van der Waals surface area contributed by atoms with Crippen molar-refractivity contribution in [3.63, 3.8) is 0 Å². The van der Waals surface area contributed by atoms with Gasteiger partial charge in [0, 0.05) is 36.5 Å². The quantitative estimate of drug-likeness (QED) is 0.232. The molecular formula is C20H29IN4O2. The maximum Gasteiger partial charge on any atom is 0.220 e. The van der Waals surface area contributed by atoms with Crippen LogP contribution in [0, 0.1) is 6.92 Å². The first-order chi connectivity index (χ1) is 12.7. The molecule has 6 nitrogen and oxygen atoms in total. The van der Waals surface area contributed by atoms with E-state index in [0.29, 0.717) is 25.6 Å². The number of para-hydroxylation sites is 1. The third-order valence-corrected chi connectivity index (χ3v) is 4.48. The predicted molar refractivity (Wildman–Crippen MR) is 120 cm³/mol. The second-order valence-electron chi connectivity index (χ2n) is 6.71. The lowest BCUT2D eigenvalue weighted by atomic mass is 10.1. The number of amides is 1. The fraction of sp³-hybridized carbons (Fsp3) is 0.500. The molecule has 1 saturated carbocycles. The fourth-order valence-corrected chi connectivity index (χ4v) is 2.85. The summed E-state index contributed by atoms with van der Waals surface area (Å²) in [7, 11) is 0. The molecule has 0 unspecified atom stereocenters. The summed E-state index contributed by atoms with van der Waals surface area (Å²) in [6, 6.07) is 8.47. The number of aliphatic imine (C=N–C) groups is 1. The second kappa shape index (κ2) is 10.5. The van der Waals surface area contributed by atoms with Gasteiger partial charge in [-0.3, -0.25) is 4.79 Å². The first-order valence-corrected chi connectivity index (χ1v) is 9.46. The van der Waals surface area contributed by atoms with Crippen molar-refractivity contribution in [1.29, 1.82) is 0 Å². The normalized spacial score (nSPS) is 13.9.